The van der Waals surface area contributed by atoms with Gasteiger partial charge < -0.3 is 14.5 Å². The van der Waals surface area contributed by atoms with Crippen molar-refractivity contribution < 1.29 is 13.9 Å². The van der Waals surface area contributed by atoms with Gasteiger partial charge in [0.1, 0.15) is 17.2 Å². The van der Waals surface area contributed by atoms with Gasteiger partial charge in [-0.2, -0.15) is 5.10 Å². The van der Waals surface area contributed by atoms with Gasteiger partial charge in [-0.05, 0) is 32.2 Å². The summed E-state index contributed by atoms with van der Waals surface area (Å²) in [5.41, 5.74) is 1.57. The van der Waals surface area contributed by atoms with Crippen LogP contribution in [-0.2, 0) is 17.8 Å². The minimum absolute atomic E-state index is 0.00470. The second kappa shape index (κ2) is 7.84. The van der Waals surface area contributed by atoms with Gasteiger partial charge in [0.15, 0.2) is 0 Å². The monoisotopic (exact) mass is 373 g/mol. The van der Waals surface area contributed by atoms with Gasteiger partial charge in [-0.1, -0.05) is 0 Å². The first kappa shape index (κ1) is 18.2. The van der Waals surface area contributed by atoms with Crippen molar-refractivity contribution >= 4 is 5.91 Å². The fourth-order valence-electron chi connectivity index (χ4n) is 3.72. The van der Waals surface area contributed by atoms with Crippen LogP contribution in [0.5, 0.6) is 0 Å². The summed E-state index contributed by atoms with van der Waals surface area (Å²) < 4.78 is 13.3. The molecule has 4 heterocycles. The molecular weight excluding hydrogens is 346 g/mol. The van der Waals surface area contributed by atoms with Crippen molar-refractivity contribution in [1.82, 2.24) is 24.9 Å². The standard InChI is InChI=1S/C19H27N5O3/c1-14-3-4-18(27-14)17(23-7-9-26-10-8-23)12-20-19(25)16-11-15-13-22(2)5-6-24(15)21-16/h3-4,11,17H,5-10,12-13H2,1-2H3,(H,20,25). The minimum Gasteiger partial charge on any atom is -0.465 e. The Balaban J connectivity index is 1.44. The molecule has 0 saturated carbocycles. The molecule has 2 aromatic rings. The molecule has 1 amide bonds. The second-order valence-corrected chi connectivity index (χ2v) is 7.30. The average molecular weight is 373 g/mol. The van der Waals surface area contributed by atoms with E-state index in [0.717, 1.165) is 49.9 Å². The molecule has 8 heteroatoms. The fourth-order valence-corrected chi connectivity index (χ4v) is 3.72. The summed E-state index contributed by atoms with van der Waals surface area (Å²) in [6.45, 7) is 8.06. The number of furan rings is 1. The molecule has 0 radical (unpaired) electrons. The summed E-state index contributed by atoms with van der Waals surface area (Å²) in [4.78, 5) is 17.2. The van der Waals surface area contributed by atoms with Gasteiger partial charge in [0.05, 0.1) is 31.5 Å². The minimum atomic E-state index is -0.138. The van der Waals surface area contributed by atoms with Gasteiger partial charge in [0, 0.05) is 32.7 Å². The molecule has 1 N–H and O–H groups in total. The zero-order valence-corrected chi connectivity index (χ0v) is 16.0. The maximum atomic E-state index is 12.7. The molecular formula is C19H27N5O3. The Morgan fingerprint density at radius 1 is 1.26 bits per heavy atom. The molecule has 2 aliphatic heterocycles. The lowest BCUT2D eigenvalue weighted by Gasteiger charge is -2.33. The Bertz CT molecular complexity index is 793. The van der Waals surface area contributed by atoms with Crippen molar-refractivity contribution in [2.75, 3.05) is 46.4 Å². The number of morpholine rings is 1. The highest BCUT2D eigenvalue weighted by Crippen LogP contribution is 2.23. The van der Waals surface area contributed by atoms with E-state index < -0.39 is 0 Å². The van der Waals surface area contributed by atoms with E-state index in [-0.39, 0.29) is 11.9 Å². The van der Waals surface area contributed by atoms with Crippen LogP contribution in [0.25, 0.3) is 0 Å². The molecule has 0 aliphatic carbocycles. The van der Waals surface area contributed by atoms with E-state index in [1.807, 2.05) is 29.8 Å². The van der Waals surface area contributed by atoms with Crippen LogP contribution in [0.3, 0.4) is 0 Å². The number of carbonyl (C=O) groups is 1. The lowest BCUT2D eigenvalue weighted by atomic mass is 10.1. The highest BCUT2D eigenvalue weighted by molar-refractivity contribution is 5.92. The largest absolute Gasteiger partial charge is 0.465 e. The maximum absolute atomic E-state index is 12.7. The summed E-state index contributed by atoms with van der Waals surface area (Å²) in [5.74, 6) is 1.61. The number of likely N-dealkylation sites (N-methyl/N-ethyl adjacent to an activating group) is 1. The van der Waals surface area contributed by atoms with Gasteiger partial charge in [0.25, 0.3) is 5.91 Å². The molecule has 0 bridgehead atoms. The molecule has 146 valence electrons. The molecule has 1 saturated heterocycles. The predicted octanol–water partition coefficient (Wildman–Crippen LogP) is 1.03. The Morgan fingerprint density at radius 2 is 2.07 bits per heavy atom. The number of rotatable bonds is 5. The zero-order valence-electron chi connectivity index (χ0n) is 16.0. The van der Waals surface area contributed by atoms with Crippen LogP contribution in [0.4, 0.5) is 0 Å². The highest BCUT2D eigenvalue weighted by Gasteiger charge is 2.26. The fraction of sp³-hybridized carbons (Fsp3) is 0.579. The number of amides is 1. The Kier molecular flexibility index (Phi) is 5.29. The zero-order chi connectivity index (χ0) is 18.8. The lowest BCUT2D eigenvalue weighted by molar-refractivity contribution is 0.0116. The highest BCUT2D eigenvalue weighted by atomic mass is 16.5. The predicted molar refractivity (Wildman–Crippen MR) is 99.5 cm³/mol. The van der Waals surface area contributed by atoms with Gasteiger partial charge >= 0.3 is 0 Å². The van der Waals surface area contributed by atoms with Crippen LogP contribution in [0.1, 0.15) is 33.7 Å². The van der Waals surface area contributed by atoms with Gasteiger partial charge in [-0.25, -0.2) is 0 Å². The first-order valence-electron chi connectivity index (χ1n) is 9.52. The van der Waals surface area contributed by atoms with Crippen LogP contribution in [-0.4, -0.2) is 71.9 Å². The van der Waals surface area contributed by atoms with E-state index in [1.165, 1.54) is 0 Å². The summed E-state index contributed by atoms with van der Waals surface area (Å²) >= 11 is 0. The second-order valence-electron chi connectivity index (χ2n) is 7.30. The number of carbonyl (C=O) groups excluding carboxylic acids is 1. The summed E-state index contributed by atoms with van der Waals surface area (Å²) in [5, 5.41) is 7.53. The van der Waals surface area contributed by atoms with E-state index in [1.54, 1.807) is 0 Å². The number of nitrogens with zero attached hydrogens (tertiary/aromatic N) is 4. The molecule has 2 aliphatic rings. The SMILES string of the molecule is Cc1ccc(C(CNC(=O)c2cc3n(n2)CCN(C)C3)N2CCOCC2)o1. The summed E-state index contributed by atoms with van der Waals surface area (Å²) in [6, 6.07) is 5.85. The molecule has 8 nitrogen and oxygen atoms in total. The van der Waals surface area contributed by atoms with E-state index in [9.17, 15) is 4.79 Å². The molecule has 1 atom stereocenters. The average Bonchev–Trinajstić information content (AvgIpc) is 3.28. The number of hydrogen-bond acceptors (Lipinski definition) is 6. The van der Waals surface area contributed by atoms with Gasteiger partial charge in [0.2, 0.25) is 0 Å². The third-order valence-electron chi connectivity index (χ3n) is 5.25. The number of aryl methyl sites for hydroxylation is 1. The normalized spacial score (nSPS) is 19.6. The molecule has 27 heavy (non-hydrogen) atoms. The first-order chi connectivity index (χ1) is 13.1. The van der Waals surface area contributed by atoms with Crippen LogP contribution in [0, 0.1) is 6.92 Å². The maximum Gasteiger partial charge on any atom is 0.271 e. The summed E-state index contributed by atoms with van der Waals surface area (Å²) in [6.07, 6.45) is 0. The number of nitrogens with one attached hydrogen (secondary N) is 1. The number of ether oxygens (including phenoxy) is 1. The Hall–Kier alpha value is -2.16. The smallest absolute Gasteiger partial charge is 0.271 e. The Morgan fingerprint density at radius 3 is 2.81 bits per heavy atom. The third kappa shape index (κ3) is 4.07. The van der Waals surface area contributed by atoms with E-state index in [4.69, 9.17) is 9.15 Å². The number of aromatic nitrogens is 2. The van der Waals surface area contributed by atoms with Crippen molar-refractivity contribution in [2.45, 2.75) is 26.1 Å². The molecule has 4 rings (SSSR count). The van der Waals surface area contributed by atoms with Crippen LogP contribution < -0.4 is 5.32 Å². The Labute approximate surface area is 159 Å². The molecule has 1 unspecified atom stereocenters. The molecule has 2 aromatic heterocycles. The number of hydrogen-bond donors (Lipinski definition) is 1. The molecule has 0 aromatic carbocycles. The van der Waals surface area contributed by atoms with Crippen molar-refractivity contribution in [3.05, 3.63) is 41.1 Å². The lowest BCUT2D eigenvalue weighted by Crippen LogP contribution is -2.43. The van der Waals surface area contributed by atoms with Crippen LogP contribution in [0.2, 0.25) is 0 Å². The topological polar surface area (TPSA) is 75.8 Å². The summed E-state index contributed by atoms with van der Waals surface area (Å²) in [7, 11) is 2.08. The molecule has 0 spiro atoms. The molecule has 1 fully saturated rings. The van der Waals surface area contributed by atoms with E-state index >= 15 is 0 Å². The first-order valence-corrected chi connectivity index (χ1v) is 9.52. The quantitative estimate of drug-likeness (QED) is 0.844. The van der Waals surface area contributed by atoms with E-state index in [2.05, 4.69) is 27.3 Å². The van der Waals surface area contributed by atoms with Crippen molar-refractivity contribution in [2.24, 2.45) is 0 Å². The van der Waals surface area contributed by atoms with Gasteiger partial charge in [-0.15, -0.1) is 0 Å². The van der Waals surface area contributed by atoms with Crippen molar-refractivity contribution in [3.63, 3.8) is 0 Å². The van der Waals surface area contributed by atoms with E-state index in [0.29, 0.717) is 25.5 Å². The van der Waals surface area contributed by atoms with Crippen LogP contribution >= 0.6 is 0 Å². The van der Waals surface area contributed by atoms with Crippen LogP contribution in [0.15, 0.2) is 22.6 Å². The van der Waals surface area contributed by atoms with Crippen molar-refractivity contribution in [3.8, 4) is 0 Å². The third-order valence-corrected chi connectivity index (χ3v) is 5.25. The van der Waals surface area contributed by atoms with Crippen molar-refractivity contribution in [1.29, 1.82) is 0 Å². The number of fused-ring (bicyclic) bond motifs is 1. The van der Waals surface area contributed by atoms with Gasteiger partial charge in [-0.3, -0.25) is 19.3 Å².